The molecule has 1 aliphatic rings. The Bertz CT molecular complexity index is 402. The summed E-state index contributed by atoms with van der Waals surface area (Å²) in [6, 6.07) is 1.89. The molecule has 6 nitrogen and oxygen atoms in total. The minimum atomic E-state index is -0.770. The number of nitrogens with one attached hydrogen (secondary N) is 1. The van der Waals surface area contributed by atoms with E-state index >= 15 is 0 Å². The Kier molecular flexibility index (Phi) is 4.93. The molecular formula is C13H22N4O2. The smallest absolute Gasteiger partial charge is 0.134 e. The SMILES string of the molecule is C[C@@H]1CCCN(c2cc(NC[C@H](O)CO)ncn2)C1. The molecule has 1 aromatic rings. The summed E-state index contributed by atoms with van der Waals surface area (Å²) < 4.78 is 0. The molecule has 106 valence electrons. The zero-order chi connectivity index (χ0) is 13.7. The van der Waals surface area contributed by atoms with Gasteiger partial charge in [-0.3, -0.25) is 0 Å². The summed E-state index contributed by atoms with van der Waals surface area (Å²) in [5.74, 6) is 2.29. The number of nitrogens with zero attached hydrogens (tertiary/aromatic N) is 3. The van der Waals surface area contributed by atoms with Crippen LogP contribution in [0.25, 0.3) is 0 Å². The van der Waals surface area contributed by atoms with Gasteiger partial charge in [0.25, 0.3) is 0 Å². The quantitative estimate of drug-likeness (QED) is 0.719. The molecule has 2 heterocycles. The van der Waals surface area contributed by atoms with E-state index in [1.165, 1.54) is 19.2 Å². The van der Waals surface area contributed by atoms with Gasteiger partial charge in [-0.1, -0.05) is 6.92 Å². The first kappa shape index (κ1) is 14.0. The van der Waals surface area contributed by atoms with Gasteiger partial charge in [0.2, 0.25) is 0 Å². The van der Waals surface area contributed by atoms with Crippen molar-refractivity contribution in [1.82, 2.24) is 9.97 Å². The average molecular weight is 266 g/mol. The van der Waals surface area contributed by atoms with Gasteiger partial charge in [-0.15, -0.1) is 0 Å². The number of anilines is 2. The zero-order valence-electron chi connectivity index (χ0n) is 11.3. The van der Waals surface area contributed by atoms with Crippen LogP contribution in [0.15, 0.2) is 12.4 Å². The summed E-state index contributed by atoms with van der Waals surface area (Å²) in [4.78, 5) is 10.7. The maximum atomic E-state index is 9.31. The number of hydrogen-bond acceptors (Lipinski definition) is 6. The van der Waals surface area contributed by atoms with E-state index in [2.05, 4.69) is 27.1 Å². The third kappa shape index (κ3) is 4.04. The zero-order valence-corrected chi connectivity index (χ0v) is 11.3. The van der Waals surface area contributed by atoms with Crippen molar-refractivity contribution < 1.29 is 10.2 Å². The summed E-state index contributed by atoms with van der Waals surface area (Å²) in [5, 5.41) is 21.1. The maximum Gasteiger partial charge on any atom is 0.134 e. The molecule has 1 saturated heterocycles. The molecule has 1 aromatic heterocycles. The van der Waals surface area contributed by atoms with Crippen molar-refractivity contribution >= 4 is 11.6 Å². The van der Waals surface area contributed by atoms with E-state index in [0.717, 1.165) is 18.9 Å². The molecule has 0 unspecified atom stereocenters. The van der Waals surface area contributed by atoms with E-state index < -0.39 is 6.10 Å². The van der Waals surface area contributed by atoms with Gasteiger partial charge in [-0.05, 0) is 18.8 Å². The lowest BCUT2D eigenvalue weighted by Gasteiger charge is -2.31. The second-order valence-electron chi connectivity index (χ2n) is 5.17. The number of rotatable bonds is 5. The van der Waals surface area contributed by atoms with E-state index in [1.807, 2.05) is 6.07 Å². The average Bonchev–Trinajstić information content (AvgIpc) is 2.45. The molecule has 0 aromatic carbocycles. The van der Waals surface area contributed by atoms with Gasteiger partial charge >= 0.3 is 0 Å². The normalized spacial score (nSPS) is 21.2. The van der Waals surface area contributed by atoms with Crippen LogP contribution < -0.4 is 10.2 Å². The monoisotopic (exact) mass is 266 g/mol. The summed E-state index contributed by atoms with van der Waals surface area (Å²) in [6.07, 6.45) is 3.22. The van der Waals surface area contributed by atoms with Gasteiger partial charge in [-0.2, -0.15) is 0 Å². The summed E-state index contributed by atoms with van der Waals surface area (Å²) in [6.45, 7) is 4.33. The van der Waals surface area contributed by atoms with Crippen LogP contribution in [-0.4, -0.2) is 52.5 Å². The molecule has 3 N–H and O–H groups in total. The number of aliphatic hydroxyl groups is 2. The third-order valence-corrected chi connectivity index (χ3v) is 3.36. The van der Waals surface area contributed by atoms with Crippen molar-refractivity contribution in [2.24, 2.45) is 5.92 Å². The summed E-state index contributed by atoms with van der Waals surface area (Å²) >= 11 is 0. The molecule has 0 radical (unpaired) electrons. The van der Waals surface area contributed by atoms with Gasteiger partial charge in [-0.25, -0.2) is 9.97 Å². The van der Waals surface area contributed by atoms with Crippen LogP contribution in [0, 0.1) is 5.92 Å². The fourth-order valence-corrected chi connectivity index (χ4v) is 2.30. The minimum Gasteiger partial charge on any atom is -0.394 e. The van der Waals surface area contributed by atoms with Gasteiger partial charge in [0.05, 0.1) is 12.7 Å². The van der Waals surface area contributed by atoms with Gasteiger partial charge in [0, 0.05) is 25.7 Å². The molecule has 1 fully saturated rings. The first-order valence-corrected chi connectivity index (χ1v) is 6.79. The first-order valence-electron chi connectivity index (χ1n) is 6.79. The van der Waals surface area contributed by atoms with E-state index in [0.29, 0.717) is 11.7 Å². The van der Waals surface area contributed by atoms with Gasteiger partial charge in [0.15, 0.2) is 0 Å². The summed E-state index contributed by atoms with van der Waals surface area (Å²) in [5.41, 5.74) is 0. The van der Waals surface area contributed by atoms with Crippen LogP contribution in [0.5, 0.6) is 0 Å². The molecule has 0 saturated carbocycles. The predicted octanol–water partition coefficient (Wildman–Crippen LogP) is 0.478. The molecule has 2 atom stereocenters. The molecule has 2 rings (SSSR count). The Hall–Kier alpha value is -1.40. The largest absolute Gasteiger partial charge is 0.394 e. The van der Waals surface area contributed by atoms with Gasteiger partial charge < -0.3 is 20.4 Å². The van der Waals surface area contributed by atoms with Crippen molar-refractivity contribution in [3.05, 3.63) is 12.4 Å². The number of hydrogen-bond donors (Lipinski definition) is 3. The molecule has 0 bridgehead atoms. The van der Waals surface area contributed by atoms with Crippen LogP contribution in [0.2, 0.25) is 0 Å². The second kappa shape index (κ2) is 6.68. The lowest BCUT2D eigenvalue weighted by molar-refractivity contribution is 0.105. The van der Waals surface area contributed by atoms with Crippen molar-refractivity contribution in [3.63, 3.8) is 0 Å². The van der Waals surface area contributed by atoms with E-state index in [-0.39, 0.29) is 13.2 Å². The number of aliphatic hydroxyl groups excluding tert-OH is 2. The van der Waals surface area contributed by atoms with E-state index in [9.17, 15) is 5.11 Å². The Balaban J connectivity index is 1.98. The molecule has 0 amide bonds. The van der Waals surface area contributed by atoms with Gasteiger partial charge in [0.1, 0.15) is 18.0 Å². The molecular weight excluding hydrogens is 244 g/mol. The molecule has 1 aliphatic heterocycles. The van der Waals surface area contributed by atoms with Crippen LogP contribution in [0.3, 0.4) is 0 Å². The molecule has 6 heteroatoms. The number of piperidine rings is 1. The van der Waals surface area contributed by atoms with E-state index in [4.69, 9.17) is 5.11 Å². The minimum absolute atomic E-state index is 0.255. The van der Waals surface area contributed by atoms with E-state index in [1.54, 1.807) is 0 Å². The van der Waals surface area contributed by atoms with Crippen molar-refractivity contribution in [2.75, 3.05) is 36.5 Å². The van der Waals surface area contributed by atoms with Crippen molar-refractivity contribution in [1.29, 1.82) is 0 Å². The Morgan fingerprint density at radius 1 is 1.53 bits per heavy atom. The maximum absolute atomic E-state index is 9.31. The third-order valence-electron chi connectivity index (χ3n) is 3.36. The second-order valence-corrected chi connectivity index (χ2v) is 5.17. The van der Waals surface area contributed by atoms with Crippen LogP contribution in [0.1, 0.15) is 19.8 Å². The standard InChI is InChI=1S/C13H22N4O2/c1-10-3-2-4-17(7-10)13-5-12(15-9-16-13)14-6-11(19)8-18/h5,9-11,18-19H,2-4,6-8H2,1H3,(H,14,15,16)/t10-,11+/m1/s1. The van der Waals surface area contributed by atoms with Crippen LogP contribution in [-0.2, 0) is 0 Å². The first-order chi connectivity index (χ1) is 9.19. The van der Waals surface area contributed by atoms with Crippen molar-refractivity contribution in [2.45, 2.75) is 25.9 Å². The van der Waals surface area contributed by atoms with Crippen molar-refractivity contribution in [3.8, 4) is 0 Å². The van der Waals surface area contributed by atoms with Crippen LogP contribution in [0.4, 0.5) is 11.6 Å². The number of aromatic nitrogens is 2. The molecule has 0 spiro atoms. The highest BCUT2D eigenvalue weighted by atomic mass is 16.3. The Labute approximate surface area is 113 Å². The molecule has 0 aliphatic carbocycles. The summed E-state index contributed by atoms with van der Waals surface area (Å²) in [7, 11) is 0. The Morgan fingerprint density at radius 2 is 2.37 bits per heavy atom. The van der Waals surface area contributed by atoms with Crippen LogP contribution >= 0.6 is 0 Å². The fraction of sp³-hybridized carbons (Fsp3) is 0.692. The lowest BCUT2D eigenvalue weighted by Crippen LogP contribution is -2.34. The predicted molar refractivity (Wildman–Crippen MR) is 74.2 cm³/mol. The molecule has 19 heavy (non-hydrogen) atoms. The highest BCUT2D eigenvalue weighted by Gasteiger charge is 2.17. The lowest BCUT2D eigenvalue weighted by atomic mass is 10.0. The fourth-order valence-electron chi connectivity index (χ4n) is 2.30. The Morgan fingerprint density at radius 3 is 3.11 bits per heavy atom. The highest BCUT2D eigenvalue weighted by Crippen LogP contribution is 2.22. The topological polar surface area (TPSA) is 81.5 Å². The highest BCUT2D eigenvalue weighted by molar-refractivity contribution is 5.48.